The van der Waals surface area contributed by atoms with Gasteiger partial charge in [0.1, 0.15) is 0 Å². The van der Waals surface area contributed by atoms with E-state index in [4.69, 9.17) is 17.3 Å². The fraction of sp³-hybridized carbons (Fsp3) is 0.417. The lowest BCUT2D eigenvalue weighted by molar-refractivity contribution is 0.0946. The lowest BCUT2D eigenvalue weighted by Crippen LogP contribution is -2.29. The highest BCUT2D eigenvalue weighted by Crippen LogP contribution is 2.44. The number of nitrogen functional groups attached to an aromatic ring is 1. The van der Waals surface area contributed by atoms with E-state index in [1.54, 1.807) is 18.2 Å². The van der Waals surface area contributed by atoms with E-state index in [0.29, 0.717) is 21.7 Å². The molecule has 0 aliphatic heterocycles. The zero-order chi connectivity index (χ0) is 11.8. The molecule has 0 unspecified atom stereocenters. The molecular formula is C12H15ClN2O. The molecule has 16 heavy (non-hydrogen) atoms. The second-order valence-corrected chi connectivity index (χ2v) is 5.20. The molecule has 0 heterocycles. The van der Waals surface area contributed by atoms with Crippen LogP contribution >= 0.6 is 11.6 Å². The maximum atomic E-state index is 11.8. The number of amides is 1. The number of hydrogen-bond donors (Lipinski definition) is 2. The second-order valence-electron chi connectivity index (χ2n) is 4.77. The molecule has 0 bridgehead atoms. The molecule has 4 heteroatoms. The largest absolute Gasteiger partial charge is 0.399 e. The summed E-state index contributed by atoms with van der Waals surface area (Å²) in [5.74, 6) is -0.109. The van der Waals surface area contributed by atoms with Crippen LogP contribution in [0.1, 0.15) is 30.1 Å². The number of halogens is 1. The van der Waals surface area contributed by atoms with E-state index in [9.17, 15) is 4.79 Å². The molecule has 1 aromatic carbocycles. The lowest BCUT2D eigenvalue weighted by atomic mass is 10.1. The molecule has 1 saturated carbocycles. The molecule has 3 N–H and O–H groups in total. The summed E-state index contributed by atoms with van der Waals surface area (Å²) in [5, 5.41) is 3.39. The highest BCUT2D eigenvalue weighted by molar-refractivity contribution is 6.31. The molecule has 0 aromatic heterocycles. The Morgan fingerprint density at radius 3 is 2.75 bits per heavy atom. The predicted octanol–water partition coefficient (Wildman–Crippen LogP) is 2.45. The molecule has 0 saturated heterocycles. The van der Waals surface area contributed by atoms with Crippen molar-refractivity contribution in [2.45, 2.75) is 19.8 Å². The molecular weight excluding hydrogens is 224 g/mol. The number of nitrogens with two attached hydrogens (primary N) is 1. The summed E-state index contributed by atoms with van der Waals surface area (Å²) in [5.41, 5.74) is 6.96. The van der Waals surface area contributed by atoms with Gasteiger partial charge in [0.25, 0.3) is 5.91 Å². The first-order valence-corrected chi connectivity index (χ1v) is 5.71. The Morgan fingerprint density at radius 1 is 1.50 bits per heavy atom. The molecule has 0 atom stereocenters. The number of hydrogen-bond acceptors (Lipinski definition) is 2. The zero-order valence-electron chi connectivity index (χ0n) is 9.22. The third-order valence-corrected chi connectivity index (χ3v) is 3.18. The molecule has 1 fully saturated rings. The smallest absolute Gasteiger partial charge is 0.251 e. The maximum Gasteiger partial charge on any atom is 0.251 e. The van der Waals surface area contributed by atoms with E-state index in [1.165, 1.54) is 12.8 Å². The first-order valence-electron chi connectivity index (χ1n) is 5.33. The summed E-state index contributed by atoms with van der Waals surface area (Å²) in [7, 11) is 0. The number of benzene rings is 1. The fourth-order valence-corrected chi connectivity index (χ4v) is 1.77. The van der Waals surface area contributed by atoms with E-state index < -0.39 is 0 Å². The van der Waals surface area contributed by atoms with Crippen LogP contribution in [0.2, 0.25) is 5.02 Å². The van der Waals surface area contributed by atoms with Crippen LogP contribution in [0.25, 0.3) is 0 Å². The molecule has 86 valence electrons. The highest BCUT2D eigenvalue weighted by atomic mass is 35.5. The number of carbonyl (C=O) groups excluding carboxylic acids is 1. The van der Waals surface area contributed by atoms with Crippen molar-refractivity contribution in [3.8, 4) is 0 Å². The topological polar surface area (TPSA) is 55.1 Å². The monoisotopic (exact) mass is 238 g/mol. The van der Waals surface area contributed by atoms with Crippen molar-refractivity contribution < 1.29 is 4.79 Å². The van der Waals surface area contributed by atoms with E-state index in [-0.39, 0.29) is 5.91 Å². The van der Waals surface area contributed by atoms with Crippen LogP contribution < -0.4 is 11.1 Å². The van der Waals surface area contributed by atoms with Crippen molar-refractivity contribution in [2.24, 2.45) is 5.41 Å². The molecule has 1 aliphatic rings. The Hall–Kier alpha value is -1.22. The van der Waals surface area contributed by atoms with Crippen molar-refractivity contribution in [3.63, 3.8) is 0 Å². The van der Waals surface area contributed by atoms with Gasteiger partial charge in [-0.3, -0.25) is 4.79 Å². The van der Waals surface area contributed by atoms with Crippen molar-refractivity contribution >= 4 is 23.2 Å². The summed E-state index contributed by atoms with van der Waals surface area (Å²) < 4.78 is 0. The Kier molecular flexibility index (Phi) is 2.80. The van der Waals surface area contributed by atoms with Crippen LogP contribution in [-0.2, 0) is 0 Å². The van der Waals surface area contributed by atoms with Gasteiger partial charge in [-0.05, 0) is 36.5 Å². The molecule has 1 aliphatic carbocycles. The minimum absolute atomic E-state index is 0.109. The second kappa shape index (κ2) is 3.98. The highest BCUT2D eigenvalue weighted by Gasteiger charge is 2.37. The van der Waals surface area contributed by atoms with Gasteiger partial charge in [0.15, 0.2) is 0 Å². The van der Waals surface area contributed by atoms with Crippen molar-refractivity contribution in [1.82, 2.24) is 5.32 Å². The quantitative estimate of drug-likeness (QED) is 0.795. The van der Waals surface area contributed by atoms with Gasteiger partial charge in [-0.25, -0.2) is 0 Å². The van der Waals surface area contributed by atoms with Gasteiger partial charge in [0.05, 0.1) is 0 Å². The lowest BCUT2D eigenvalue weighted by Gasteiger charge is -2.10. The van der Waals surface area contributed by atoms with Crippen LogP contribution in [0.4, 0.5) is 5.69 Å². The SMILES string of the molecule is CC1(CNC(=O)c2cc(N)cc(Cl)c2)CC1. The van der Waals surface area contributed by atoms with Crippen LogP contribution in [0.3, 0.4) is 0 Å². The summed E-state index contributed by atoms with van der Waals surface area (Å²) in [6.45, 7) is 2.89. The molecule has 1 aromatic rings. The van der Waals surface area contributed by atoms with Gasteiger partial charge in [-0.2, -0.15) is 0 Å². The third-order valence-electron chi connectivity index (χ3n) is 2.96. The molecule has 1 amide bonds. The van der Waals surface area contributed by atoms with Gasteiger partial charge < -0.3 is 11.1 Å². The summed E-state index contributed by atoms with van der Waals surface area (Å²) in [6, 6.07) is 4.89. The fourth-order valence-electron chi connectivity index (χ4n) is 1.53. The summed E-state index contributed by atoms with van der Waals surface area (Å²) >= 11 is 5.84. The Bertz CT molecular complexity index is 407. The first kappa shape index (κ1) is 11.3. The standard InChI is InChI=1S/C12H15ClN2O/c1-12(2-3-12)7-15-11(16)8-4-9(13)6-10(14)5-8/h4-6H,2-3,7,14H2,1H3,(H,15,16). The molecule has 0 radical (unpaired) electrons. The van der Waals surface area contributed by atoms with Gasteiger partial charge in [-0.1, -0.05) is 18.5 Å². The maximum absolute atomic E-state index is 11.8. The van der Waals surface area contributed by atoms with E-state index in [1.807, 2.05) is 0 Å². The summed E-state index contributed by atoms with van der Waals surface area (Å²) in [4.78, 5) is 11.8. The minimum atomic E-state index is -0.109. The third kappa shape index (κ3) is 2.67. The van der Waals surface area contributed by atoms with E-state index in [2.05, 4.69) is 12.2 Å². The number of anilines is 1. The van der Waals surface area contributed by atoms with Gasteiger partial charge >= 0.3 is 0 Å². The minimum Gasteiger partial charge on any atom is -0.399 e. The van der Waals surface area contributed by atoms with Crippen LogP contribution in [0.15, 0.2) is 18.2 Å². The number of rotatable bonds is 3. The van der Waals surface area contributed by atoms with Crippen molar-refractivity contribution in [2.75, 3.05) is 12.3 Å². The van der Waals surface area contributed by atoms with Crippen LogP contribution in [-0.4, -0.2) is 12.5 Å². The van der Waals surface area contributed by atoms with Gasteiger partial charge in [0.2, 0.25) is 0 Å². The van der Waals surface area contributed by atoms with Crippen molar-refractivity contribution in [3.05, 3.63) is 28.8 Å². The number of carbonyl (C=O) groups is 1. The average Bonchev–Trinajstić information content (AvgIpc) is 2.92. The molecule has 3 nitrogen and oxygen atoms in total. The first-order chi connectivity index (χ1) is 7.48. The Balaban J connectivity index is 2.02. The average molecular weight is 239 g/mol. The predicted molar refractivity (Wildman–Crippen MR) is 65.5 cm³/mol. The Morgan fingerprint density at radius 2 is 2.19 bits per heavy atom. The van der Waals surface area contributed by atoms with Gasteiger partial charge in [-0.15, -0.1) is 0 Å². The van der Waals surface area contributed by atoms with Crippen LogP contribution in [0.5, 0.6) is 0 Å². The Labute approximate surface area is 100.0 Å². The zero-order valence-corrected chi connectivity index (χ0v) is 9.97. The van der Waals surface area contributed by atoms with Crippen LogP contribution in [0, 0.1) is 5.41 Å². The van der Waals surface area contributed by atoms with E-state index >= 15 is 0 Å². The van der Waals surface area contributed by atoms with E-state index in [0.717, 1.165) is 6.54 Å². The van der Waals surface area contributed by atoms with Crippen molar-refractivity contribution in [1.29, 1.82) is 0 Å². The number of nitrogens with one attached hydrogen (secondary N) is 1. The summed E-state index contributed by atoms with van der Waals surface area (Å²) in [6.07, 6.45) is 2.37. The van der Waals surface area contributed by atoms with Gasteiger partial charge in [0, 0.05) is 22.8 Å². The molecule has 2 rings (SSSR count). The normalized spacial score (nSPS) is 16.9. The molecule has 0 spiro atoms.